The molecule has 0 bridgehead atoms. The van der Waals surface area contributed by atoms with Crippen molar-refractivity contribution in [3.05, 3.63) is 28.3 Å². The van der Waals surface area contributed by atoms with Crippen LogP contribution in [0.3, 0.4) is 0 Å². The number of nitro groups is 1. The SMILES string of the molecule is CCCC(NC(C)=O)C(=O)N1CCN(c2ccc(S(=O)(=O)N(CC)CC)cc2[N+](=O)[O-])CC1. The molecule has 1 N–H and O–H groups in total. The molecule has 1 heterocycles. The molecule has 1 aromatic carbocycles. The van der Waals surface area contributed by atoms with E-state index in [1.165, 1.54) is 23.4 Å². The average Bonchev–Trinajstić information content (AvgIpc) is 2.78. The quantitative estimate of drug-likeness (QED) is 0.394. The van der Waals surface area contributed by atoms with Gasteiger partial charge in [0.1, 0.15) is 11.7 Å². The predicted molar refractivity (Wildman–Crippen MR) is 125 cm³/mol. The molecule has 1 saturated heterocycles. The number of piperazine rings is 1. The van der Waals surface area contributed by atoms with E-state index in [1.807, 2.05) is 6.92 Å². The van der Waals surface area contributed by atoms with E-state index in [9.17, 15) is 28.1 Å². The lowest BCUT2D eigenvalue weighted by molar-refractivity contribution is -0.384. The molecular formula is C21H33N5O6S. The number of hydrogen-bond acceptors (Lipinski definition) is 7. The number of carbonyl (C=O) groups is 2. The van der Waals surface area contributed by atoms with Gasteiger partial charge in [-0.2, -0.15) is 4.31 Å². The lowest BCUT2D eigenvalue weighted by atomic mass is 10.1. The first-order valence-electron chi connectivity index (χ1n) is 11.2. The highest BCUT2D eigenvalue weighted by Crippen LogP contribution is 2.32. The minimum atomic E-state index is -3.83. The van der Waals surface area contributed by atoms with Crippen LogP contribution < -0.4 is 10.2 Å². The molecule has 1 fully saturated rings. The van der Waals surface area contributed by atoms with Crippen LogP contribution >= 0.6 is 0 Å². The maximum atomic E-state index is 12.8. The van der Waals surface area contributed by atoms with Gasteiger partial charge in [0.2, 0.25) is 21.8 Å². The van der Waals surface area contributed by atoms with E-state index in [4.69, 9.17) is 0 Å². The molecule has 0 aliphatic carbocycles. The Morgan fingerprint density at radius 2 is 1.76 bits per heavy atom. The maximum Gasteiger partial charge on any atom is 0.293 e. The van der Waals surface area contributed by atoms with Crippen molar-refractivity contribution in [1.29, 1.82) is 0 Å². The van der Waals surface area contributed by atoms with E-state index in [0.29, 0.717) is 38.3 Å². The number of hydrogen-bond donors (Lipinski definition) is 1. The van der Waals surface area contributed by atoms with Crippen molar-refractivity contribution in [1.82, 2.24) is 14.5 Å². The van der Waals surface area contributed by atoms with E-state index < -0.39 is 21.0 Å². The Hall–Kier alpha value is -2.73. The average molecular weight is 484 g/mol. The molecular weight excluding hydrogens is 450 g/mol. The number of nitrogens with one attached hydrogen (secondary N) is 1. The third kappa shape index (κ3) is 6.20. The van der Waals surface area contributed by atoms with Crippen molar-refractivity contribution in [2.24, 2.45) is 0 Å². The molecule has 11 nitrogen and oxygen atoms in total. The Labute approximate surface area is 194 Å². The topological polar surface area (TPSA) is 133 Å². The van der Waals surface area contributed by atoms with E-state index in [1.54, 1.807) is 23.6 Å². The third-order valence-corrected chi connectivity index (χ3v) is 7.72. The molecule has 1 unspecified atom stereocenters. The van der Waals surface area contributed by atoms with Crippen LogP contribution in [0.2, 0.25) is 0 Å². The number of sulfonamides is 1. The summed E-state index contributed by atoms with van der Waals surface area (Å²) in [4.78, 5) is 38.8. The number of nitro benzene ring substituents is 1. The Morgan fingerprint density at radius 1 is 1.15 bits per heavy atom. The Kier molecular flexibility index (Phi) is 9.17. The Balaban J connectivity index is 2.22. The summed E-state index contributed by atoms with van der Waals surface area (Å²) in [5.74, 6) is -0.433. The van der Waals surface area contributed by atoms with Gasteiger partial charge in [0.05, 0.1) is 9.82 Å². The van der Waals surface area contributed by atoms with Crippen LogP contribution in [0, 0.1) is 10.1 Å². The lowest BCUT2D eigenvalue weighted by Gasteiger charge is -2.37. The van der Waals surface area contributed by atoms with Crippen molar-refractivity contribution < 1.29 is 22.9 Å². The number of anilines is 1. The van der Waals surface area contributed by atoms with E-state index in [0.717, 1.165) is 12.5 Å². The fraction of sp³-hybridized carbons (Fsp3) is 0.619. The zero-order valence-electron chi connectivity index (χ0n) is 19.6. The lowest BCUT2D eigenvalue weighted by Crippen LogP contribution is -2.54. The van der Waals surface area contributed by atoms with Gasteiger partial charge in [-0.25, -0.2) is 8.42 Å². The second-order valence-corrected chi connectivity index (χ2v) is 9.79. The summed E-state index contributed by atoms with van der Waals surface area (Å²) in [6.45, 7) is 8.65. The first kappa shape index (κ1) is 26.5. The van der Waals surface area contributed by atoms with Crippen LogP contribution in [0.1, 0.15) is 40.5 Å². The van der Waals surface area contributed by atoms with Gasteiger partial charge >= 0.3 is 0 Å². The predicted octanol–water partition coefficient (Wildman–Crippen LogP) is 1.58. The van der Waals surface area contributed by atoms with Gasteiger partial charge in [0.15, 0.2) is 0 Å². The fourth-order valence-electron chi connectivity index (χ4n) is 3.97. The second kappa shape index (κ2) is 11.4. The summed E-state index contributed by atoms with van der Waals surface area (Å²) in [5, 5.41) is 14.4. The normalized spacial score (nSPS) is 15.4. The smallest absolute Gasteiger partial charge is 0.293 e. The molecule has 1 aliphatic heterocycles. The number of carbonyl (C=O) groups excluding carboxylic acids is 2. The van der Waals surface area contributed by atoms with Crippen molar-refractivity contribution in [2.75, 3.05) is 44.2 Å². The standard InChI is InChI=1S/C21H33N5O6S/c1-5-8-18(22-16(4)27)21(28)24-13-11-23(12-14-24)19-10-9-17(15-20(19)26(29)30)33(31,32)25(6-2)7-3/h9-10,15,18H,5-8,11-14H2,1-4H3,(H,22,27). The van der Waals surface area contributed by atoms with Crippen LogP contribution in [0.4, 0.5) is 11.4 Å². The zero-order valence-corrected chi connectivity index (χ0v) is 20.4. The van der Waals surface area contributed by atoms with Gasteiger partial charge in [-0.15, -0.1) is 0 Å². The first-order valence-corrected chi connectivity index (χ1v) is 12.6. The van der Waals surface area contributed by atoms with Crippen LogP contribution in [-0.4, -0.2) is 79.7 Å². The van der Waals surface area contributed by atoms with Gasteiger partial charge < -0.3 is 15.1 Å². The maximum absolute atomic E-state index is 12.8. The van der Waals surface area contributed by atoms with Crippen LogP contribution in [0.25, 0.3) is 0 Å². The second-order valence-electron chi connectivity index (χ2n) is 7.85. The molecule has 0 spiro atoms. The summed E-state index contributed by atoms with van der Waals surface area (Å²) in [6, 6.07) is 3.37. The van der Waals surface area contributed by atoms with E-state index in [2.05, 4.69) is 5.32 Å². The number of rotatable bonds is 10. The van der Waals surface area contributed by atoms with Gasteiger partial charge in [-0.05, 0) is 18.6 Å². The molecule has 1 aromatic rings. The zero-order chi connectivity index (χ0) is 24.8. The number of benzene rings is 1. The van der Waals surface area contributed by atoms with Crippen LogP contribution in [-0.2, 0) is 19.6 Å². The Bertz CT molecular complexity index is 971. The monoisotopic (exact) mass is 483 g/mol. The van der Waals surface area contributed by atoms with Crippen molar-refractivity contribution in [3.63, 3.8) is 0 Å². The first-order chi connectivity index (χ1) is 15.6. The minimum Gasteiger partial charge on any atom is -0.362 e. The van der Waals surface area contributed by atoms with Crippen molar-refractivity contribution >= 4 is 33.2 Å². The third-order valence-electron chi connectivity index (χ3n) is 5.67. The molecule has 2 amide bonds. The molecule has 0 radical (unpaired) electrons. The summed E-state index contributed by atoms with van der Waals surface area (Å²) in [6.07, 6.45) is 1.28. The summed E-state index contributed by atoms with van der Waals surface area (Å²) >= 11 is 0. The van der Waals surface area contributed by atoms with Crippen LogP contribution in [0.15, 0.2) is 23.1 Å². The fourth-order valence-corrected chi connectivity index (χ4v) is 5.45. The highest BCUT2D eigenvalue weighted by atomic mass is 32.2. The molecule has 1 aliphatic rings. The highest BCUT2D eigenvalue weighted by molar-refractivity contribution is 7.89. The van der Waals surface area contributed by atoms with E-state index >= 15 is 0 Å². The molecule has 33 heavy (non-hydrogen) atoms. The molecule has 2 rings (SSSR count). The van der Waals surface area contributed by atoms with Gasteiger partial charge in [0, 0.05) is 52.3 Å². The largest absolute Gasteiger partial charge is 0.362 e. The number of amides is 2. The number of nitrogens with zero attached hydrogens (tertiary/aromatic N) is 4. The van der Waals surface area contributed by atoms with Crippen molar-refractivity contribution in [2.45, 2.75) is 51.5 Å². The summed E-state index contributed by atoms with van der Waals surface area (Å²) in [7, 11) is -3.83. The summed E-state index contributed by atoms with van der Waals surface area (Å²) < 4.78 is 26.8. The van der Waals surface area contributed by atoms with Crippen molar-refractivity contribution in [3.8, 4) is 0 Å². The molecule has 0 saturated carbocycles. The summed E-state index contributed by atoms with van der Waals surface area (Å²) in [5.41, 5.74) is 0.0303. The van der Waals surface area contributed by atoms with E-state index in [-0.39, 0.29) is 35.5 Å². The van der Waals surface area contributed by atoms with Gasteiger partial charge in [-0.3, -0.25) is 19.7 Å². The highest BCUT2D eigenvalue weighted by Gasteiger charge is 2.31. The minimum absolute atomic E-state index is 0.117. The molecule has 1 atom stereocenters. The molecule has 0 aromatic heterocycles. The molecule has 184 valence electrons. The van der Waals surface area contributed by atoms with Gasteiger partial charge in [0.25, 0.3) is 5.69 Å². The Morgan fingerprint density at radius 3 is 2.24 bits per heavy atom. The van der Waals surface area contributed by atoms with Crippen LogP contribution in [0.5, 0.6) is 0 Å². The van der Waals surface area contributed by atoms with Gasteiger partial charge in [-0.1, -0.05) is 27.2 Å². The molecule has 12 heteroatoms.